The van der Waals surface area contributed by atoms with Crippen molar-refractivity contribution in [3.8, 4) is 6.07 Å². The number of hydrogen-bond donors (Lipinski definition) is 1. The molecule has 1 saturated heterocycles. The molecule has 0 aromatic heterocycles. The number of hydrogen-bond acceptors (Lipinski definition) is 4. The molecular weight excluding hydrogens is 310 g/mol. The number of rotatable bonds is 3. The van der Waals surface area contributed by atoms with E-state index in [1.165, 1.54) is 28.6 Å². The summed E-state index contributed by atoms with van der Waals surface area (Å²) < 4.78 is 26.9. The average molecular weight is 330 g/mol. The highest BCUT2D eigenvalue weighted by atomic mass is 35.5. The first kappa shape index (κ1) is 17.9. The Balaban J connectivity index is 0.00000220. The van der Waals surface area contributed by atoms with E-state index >= 15 is 0 Å². The summed E-state index contributed by atoms with van der Waals surface area (Å²) in [7, 11) is -3.54. The normalized spacial score (nSPS) is 23.1. The molecule has 0 spiro atoms. The number of benzene rings is 1. The van der Waals surface area contributed by atoms with Gasteiger partial charge in [-0.25, -0.2) is 8.42 Å². The molecule has 116 valence electrons. The molecule has 5 nitrogen and oxygen atoms in total. The van der Waals surface area contributed by atoms with Gasteiger partial charge in [-0.3, -0.25) is 0 Å². The maximum atomic E-state index is 12.7. The molecule has 0 aliphatic carbocycles. The Morgan fingerprint density at radius 1 is 1.38 bits per heavy atom. The van der Waals surface area contributed by atoms with Crippen molar-refractivity contribution in [2.24, 2.45) is 11.7 Å². The van der Waals surface area contributed by atoms with E-state index in [1.807, 2.05) is 13.0 Å². The molecule has 1 aliphatic rings. The zero-order chi connectivity index (χ0) is 14.8. The molecule has 0 amide bonds. The molecule has 21 heavy (non-hydrogen) atoms. The lowest BCUT2D eigenvalue weighted by Gasteiger charge is -2.38. The molecule has 2 atom stereocenters. The van der Waals surface area contributed by atoms with Crippen LogP contribution in [0, 0.1) is 17.2 Å². The van der Waals surface area contributed by atoms with Crippen LogP contribution in [0.15, 0.2) is 29.2 Å². The molecule has 2 unspecified atom stereocenters. The summed E-state index contributed by atoms with van der Waals surface area (Å²) >= 11 is 0. The Bertz CT molecular complexity index is 610. The number of piperidine rings is 1. The lowest BCUT2D eigenvalue weighted by atomic mass is 9.93. The summed E-state index contributed by atoms with van der Waals surface area (Å²) in [6.07, 6.45) is 1.86. The van der Waals surface area contributed by atoms with Gasteiger partial charge in [0.25, 0.3) is 0 Å². The van der Waals surface area contributed by atoms with Gasteiger partial charge in [0.2, 0.25) is 10.0 Å². The van der Waals surface area contributed by atoms with Crippen LogP contribution in [0.1, 0.15) is 25.3 Å². The Morgan fingerprint density at radius 3 is 2.52 bits per heavy atom. The maximum absolute atomic E-state index is 12.7. The van der Waals surface area contributed by atoms with Gasteiger partial charge in [0.1, 0.15) is 0 Å². The van der Waals surface area contributed by atoms with Crippen molar-refractivity contribution in [2.75, 3.05) is 13.1 Å². The average Bonchev–Trinajstić information content (AvgIpc) is 2.47. The van der Waals surface area contributed by atoms with Gasteiger partial charge in [0.05, 0.1) is 16.5 Å². The summed E-state index contributed by atoms with van der Waals surface area (Å²) in [4.78, 5) is 0.226. The standard InChI is InChI=1S/C14H19N3O2S.ClH/c1-11-3-2-8-17(14(11)10-16)20(18,19)13-6-4-12(9-15)5-7-13;/h4-7,11,14H,2-3,8,10,16H2,1H3;1H. The molecule has 1 fully saturated rings. The first-order chi connectivity index (χ1) is 9.50. The van der Waals surface area contributed by atoms with Crippen molar-refractivity contribution in [1.82, 2.24) is 4.31 Å². The fourth-order valence-electron chi connectivity index (χ4n) is 2.70. The molecule has 2 N–H and O–H groups in total. The van der Waals surface area contributed by atoms with Crippen LogP contribution in [-0.4, -0.2) is 31.9 Å². The Hall–Kier alpha value is -1.13. The quantitative estimate of drug-likeness (QED) is 0.914. The smallest absolute Gasteiger partial charge is 0.243 e. The molecule has 1 aromatic rings. The lowest BCUT2D eigenvalue weighted by molar-refractivity contribution is 0.192. The molecule has 0 radical (unpaired) electrons. The maximum Gasteiger partial charge on any atom is 0.243 e. The zero-order valence-corrected chi connectivity index (χ0v) is 13.5. The summed E-state index contributed by atoms with van der Waals surface area (Å²) in [5, 5.41) is 8.77. The van der Waals surface area contributed by atoms with Crippen molar-refractivity contribution in [3.63, 3.8) is 0 Å². The predicted molar refractivity (Wildman–Crippen MR) is 83.5 cm³/mol. The fourth-order valence-corrected chi connectivity index (χ4v) is 4.47. The number of nitrogens with zero attached hydrogens (tertiary/aromatic N) is 2. The number of halogens is 1. The predicted octanol–water partition coefficient (Wildman–Crippen LogP) is 1.73. The van der Waals surface area contributed by atoms with Crippen LogP contribution in [0.3, 0.4) is 0 Å². The zero-order valence-electron chi connectivity index (χ0n) is 11.9. The van der Waals surface area contributed by atoms with E-state index in [1.54, 1.807) is 0 Å². The molecule has 0 saturated carbocycles. The first-order valence-electron chi connectivity index (χ1n) is 6.72. The van der Waals surface area contributed by atoms with Gasteiger partial charge in [-0.05, 0) is 43.0 Å². The Kier molecular flexibility index (Phi) is 6.17. The summed E-state index contributed by atoms with van der Waals surface area (Å²) in [5.74, 6) is 0.266. The number of sulfonamides is 1. The van der Waals surface area contributed by atoms with Crippen molar-refractivity contribution in [1.29, 1.82) is 5.26 Å². The van der Waals surface area contributed by atoms with E-state index in [0.717, 1.165) is 12.8 Å². The van der Waals surface area contributed by atoms with Crippen molar-refractivity contribution in [2.45, 2.75) is 30.7 Å². The summed E-state index contributed by atoms with van der Waals surface area (Å²) in [6, 6.07) is 7.86. The molecule has 1 heterocycles. The van der Waals surface area contributed by atoms with Gasteiger partial charge in [-0.2, -0.15) is 9.57 Å². The van der Waals surface area contributed by atoms with E-state index in [4.69, 9.17) is 11.0 Å². The number of nitrogens with two attached hydrogens (primary N) is 1. The van der Waals surface area contributed by atoms with Gasteiger partial charge in [-0.1, -0.05) is 6.92 Å². The van der Waals surface area contributed by atoms with E-state index < -0.39 is 10.0 Å². The highest BCUT2D eigenvalue weighted by Gasteiger charge is 2.36. The highest BCUT2D eigenvalue weighted by Crippen LogP contribution is 2.28. The van der Waals surface area contributed by atoms with Crippen molar-refractivity contribution < 1.29 is 8.42 Å². The van der Waals surface area contributed by atoms with Crippen LogP contribution in [0.5, 0.6) is 0 Å². The lowest BCUT2D eigenvalue weighted by Crippen LogP contribution is -2.51. The van der Waals surface area contributed by atoms with Crippen LogP contribution < -0.4 is 5.73 Å². The van der Waals surface area contributed by atoms with E-state index in [-0.39, 0.29) is 29.3 Å². The first-order valence-corrected chi connectivity index (χ1v) is 8.16. The third-order valence-electron chi connectivity index (χ3n) is 3.90. The third-order valence-corrected chi connectivity index (χ3v) is 5.83. The van der Waals surface area contributed by atoms with Crippen LogP contribution in [0.25, 0.3) is 0 Å². The van der Waals surface area contributed by atoms with Gasteiger partial charge in [0, 0.05) is 19.1 Å². The van der Waals surface area contributed by atoms with Gasteiger partial charge < -0.3 is 5.73 Å². The summed E-state index contributed by atoms with van der Waals surface area (Å²) in [6.45, 7) is 2.88. The molecular formula is C14H20ClN3O2S. The van der Waals surface area contributed by atoms with Crippen molar-refractivity contribution in [3.05, 3.63) is 29.8 Å². The minimum absolute atomic E-state index is 0. The van der Waals surface area contributed by atoms with E-state index in [0.29, 0.717) is 18.7 Å². The Labute approximate surface area is 132 Å². The SMILES string of the molecule is CC1CCCN(S(=O)(=O)c2ccc(C#N)cc2)C1CN.Cl. The largest absolute Gasteiger partial charge is 0.329 e. The van der Waals surface area contributed by atoms with Crippen LogP contribution in [0.2, 0.25) is 0 Å². The van der Waals surface area contributed by atoms with Crippen LogP contribution in [0.4, 0.5) is 0 Å². The second kappa shape index (κ2) is 7.23. The van der Waals surface area contributed by atoms with Gasteiger partial charge >= 0.3 is 0 Å². The van der Waals surface area contributed by atoms with E-state index in [9.17, 15) is 8.42 Å². The minimum atomic E-state index is -3.54. The van der Waals surface area contributed by atoms with Crippen molar-refractivity contribution >= 4 is 22.4 Å². The van der Waals surface area contributed by atoms with E-state index in [2.05, 4.69) is 0 Å². The molecule has 0 bridgehead atoms. The van der Waals surface area contributed by atoms with Crippen LogP contribution in [-0.2, 0) is 10.0 Å². The second-order valence-corrected chi connectivity index (χ2v) is 7.07. The fraction of sp³-hybridized carbons (Fsp3) is 0.500. The highest BCUT2D eigenvalue weighted by molar-refractivity contribution is 7.89. The number of nitriles is 1. The van der Waals surface area contributed by atoms with Gasteiger partial charge in [-0.15, -0.1) is 12.4 Å². The van der Waals surface area contributed by atoms with Gasteiger partial charge in [0.15, 0.2) is 0 Å². The topological polar surface area (TPSA) is 87.2 Å². The minimum Gasteiger partial charge on any atom is -0.329 e. The third kappa shape index (κ3) is 3.55. The molecule has 7 heteroatoms. The molecule has 1 aliphatic heterocycles. The second-order valence-electron chi connectivity index (χ2n) is 5.17. The monoisotopic (exact) mass is 329 g/mol. The Morgan fingerprint density at radius 2 is 2.00 bits per heavy atom. The molecule has 1 aromatic carbocycles. The van der Waals surface area contributed by atoms with Crippen LogP contribution >= 0.6 is 12.4 Å². The molecule has 2 rings (SSSR count). The summed E-state index contributed by atoms with van der Waals surface area (Å²) in [5.41, 5.74) is 6.21.